The molecule has 68 valence electrons. The van der Waals surface area contributed by atoms with Gasteiger partial charge in [0.2, 0.25) is 0 Å². The highest BCUT2D eigenvalue weighted by Crippen LogP contribution is 1.88. The van der Waals surface area contributed by atoms with Gasteiger partial charge in [-0.25, -0.2) is 0 Å². The predicted octanol–water partition coefficient (Wildman–Crippen LogP) is -1.30. The van der Waals surface area contributed by atoms with Crippen LogP contribution in [-0.4, -0.2) is 44.0 Å². The Morgan fingerprint density at radius 1 is 1.33 bits per heavy atom. The summed E-state index contributed by atoms with van der Waals surface area (Å²) in [6.45, 7) is 2.95. The molecule has 5 nitrogen and oxygen atoms in total. The Morgan fingerprint density at radius 3 is 2.42 bits per heavy atom. The van der Waals surface area contributed by atoms with Crippen molar-refractivity contribution in [3.8, 4) is 11.3 Å². The van der Waals surface area contributed by atoms with Crippen molar-refractivity contribution in [2.24, 2.45) is 0 Å². The van der Waals surface area contributed by atoms with E-state index in [0.717, 1.165) is 13.1 Å². The molecule has 0 saturated carbocycles. The van der Waals surface area contributed by atoms with E-state index < -0.39 is 10.1 Å². The van der Waals surface area contributed by atoms with Gasteiger partial charge in [0, 0.05) is 32.2 Å². The summed E-state index contributed by atoms with van der Waals surface area (Å²) in [6, 6.07) is 2.37. The molecule has 0 unspecified atom stereocenters. The summed E-state index contributed by atoms with van der Waals surface area (Å²) in [5.41, 5.74) is 0. The molecule has 1 aliphatic rings. The van der Waals surface area contributed by atoms with Crippen LogP contribution in [0.4, 0.5) is 0 Å². The highest BCUT2D eigenvalue weighted by atomic mass is 32.2. The molecule has 0 aromatic rings. The van der Waals surface area contributed by atoms with Gasteiger partial charge in [-0.15, -0.1) is 0 Å². The third kappa shape index (κ3) is 3.57. The van der Waals surface area contributed by atoms with Crippen molar-refractivity contribution < 1.29 is 13.0 Å². The van der Waals surface area contributed by atoms with Gasteiger partial charge in [0.25, 0.3) is 0 Å². The fourth-order valence-electron chi connectivity index (χ4n) is 0.899. The molecule has 1 aliphatic heterocycles. The molecule has 6 heteroatoms. The van der Waals surface area contributed by atoms with E-state index in [9.17, 15) is 8.42 Å². The van der Waals surface area contributed by atoms with Gasteiger partial charge in [0.15, 0.2) is 0 Å². The molecule has 1 rings (SSSR count). The van der Waals surface area contributed by atoms with Crippen molar-refractivity contribution in [2.75, 3.05) is 26.2 Å². The van der Waals surface area contributed by atoms with E-state index in [1.54, 1.807) is 10.2 Å². The zero-order valence-corrected chi connectivity index (χ0v) is 7.26. The van der Waals surface area contributed by atoms with E-state index in [1.807, 2.05) is 0 Å². The standard InChI is InChI=1S/C6H10N2O3S/c9-12(10,11)6-5-8-3-1-7-2-4-8/h7H,1-4H2,(H,9,10,11). The monoisotopic (exact) mass is 190 g/mol. The largest absolute Gasteiger partial charge is 0.337 e. The van der Waals surface area contributed by atoms with Crippen LogP contribution in [0.15, 0.2) is 0 Å². The zero-order valence-electron chi connectivity index (χ0n) is 6.45. The second-order valence-electron chi connectivity index (χ2n) is 2.43. The minimum Gasteiger partial charge on any atom is -0.329 e. The number of rotatable bonds is 0. The third-order valence-electron chi connectivity index (χ3n) is 1.45. The summed E-state index contributed by atoms with van der Waals surface area (Å²) in [7, 11) is -4.15. The molecule has 0 radical (unpaired) electrons. The maximum absolute atomic E-state index is 10.2. The van der Waals surface area contributed by atoms with Gasteiger partial charge in [-0.2, -0.15) is 8.42 Å². The lowest BCUT2D eigenvalue weighted by Crippen LogP contribution is -2.40. The van der Waals surface area contributed by atoms with Gasteiger partial charge in [0.1, 0.15) is 0 Å². The number of hydrogen-bond donors (Lipinski definition) is 2. The smallest absolute Gasteiger partial charge is 0.329 e. The summed E-state index contributed by atoms with van der Waals surface area (Å²) in [5.74, 6) is 0. The van der Waals surface area contributed by atoms with Crippen molar-refractivity contribution in [3.05, 3.63) is 0 Å². The van der Waals surface area contributed by atoms with Crippen LogP contribution >= 0.6 is 0 Å². The quantitative estimate of drug-likeness (QED) is 0.367. The van der Waals surface area contributed by atoms with Crippen LogP contribution in [-0.2, 0) is 10.1 Å². The summed E-state index contributed by atoms with van der Waals surface area (Å²) >= 11 is 0. The topological polar surface area (TPSA) is 69.6 Å². The Hall–Kier alpha value is -0.770. The van der Waals surface area contributed by atoms with E-state index in [-0.39, 0.29) is 0 Å². The third-order valence-corrected chi connectivity index (χ3v) is 1.80. The predicted molar refractivity (Wildman–Crippen MR) is 43.8 cm³/mol. The van der Waals surface area contributed by atoms with Gasteiger partial charge in [-0.3, -0.25) is 4.55 Å². The minimum atomic E-state index is -4.15. The lowest BCUT2D eigenvalue weighted by atomic mass is 10.4. The Morgan fingerprint density at radius 2 is 1.92 bits per heavy atom. The second kappa shape index (κ2) is 3.76. The molecule has 0 bridgehead atoms. The molecule has 12 heavy (non-hydrogen) atoms. The molecule has 0 atom stereocenters. The Bertz CT molecular complexity index is 294. The van der Waals surface area contributed by atoms with Crippen molar-refractivity contribution in [1.29, 1.82) is 0 Å². The highest BCUT2D eigenvalue weighted by molar-refractivity contribution is 7.90. The van der Waals surface area contributed by atoms with E-state index in [0.29, 0.717) is 13.1 Å². The molecule has 0 spiro atoms. The maximum Gasteiger partial charge on any atom is 0.337 e. The van der Waals surface area contributed by atoms with E-state index in [4.69, 9.17) is 4.55 Å². The summed E-state index contributed by atoms with van der Waals surface area (Å²) in [5, 5.41) is 4.86. The fourth-order valence-corrected chi connectivity index (χ4v) is 1.14. The maximum atomic E-state index is 10.2. The van der Waals surface area contributed by atoms with Crippen LogP contribution in [0.25, 0.3) is 0 Å². The lowest BCUT2D eigenvalue weighted by molar-refractivity contribution is 0.342. The molecular weight excluding hydrogens is 180 g/mol. The van der Waals surface area contributed by atoms with Crippen LogP contribution in [0.3, 0.4) is 0 Å². The average molecular weight is 190 g/mol. The molecule has 1 saturated heterocycles. The van der Waals surface area contributed by atoms with Crippen molar-refractivity contribution in [2.45, 2.75) is 0 Å². The molecular formula is C6H10N2O3S. The van der Waals surface area contributed by atoms with Gasteiger partial charge < -0.3 is 10.2 Å². The molecule has 0 aromatic heterocycles. The Balaban J connectivity index is 2.53. The average Bonchev–Trinajstić information content (AvgIpc) is 2.02. The molecule has 0 amide bonds. The first-order valence-electron chi connectivity index (χ1n) is 3.53. The second-order valence-corrected chi connectivity index (χ2v) is 3.58. The van der Waals surface area contributed by atoms with Gasteiger partial charge >= 0.3 is 10.1 Å². The molecule has 2 N–H and O–H groups in total. The van der Waals surface area contributed by atoms with Crippen LogP contribution < -0.4 is 5.32 Å². The first-order valence-corrected chi connectivity index (χ1v) is 4.97. The van der Waals surface area contributed by atoms with Crippen molar-refractivity contribution in [3.63, 3.8) is 0 Å². The van der Waals surface area contributed by atoms with E-state index in [2.05, 4.69) is 11.4 Å². The number of hydrogen-bond acceptors (Lipinski definition) is 4. The van der Waals surface area contributed by atoms with E-state index in [1.165, 1.54) is 0 Å². The summed E-state index contributed by atoms with van der Waals surface area (Å²) in [4.78, 5) is 1.66. The van der Waals surface area contributed by atoms with E-state index >= 15 is 0 Å². The zero-order chi connectivity index (χ0) is 9.03. The first kappa shape index (κ1) is 9.32. The van der Waals surface area contributed by atoms with Gasteiger partial charge in [-0.05, 0) is 0 Å². The number of nitrogens with zero attached hydrogens (tertiary/aromatic N) is 1. The number of nitrogens with one attached hydrogen (secondary N) is 1. The van der Waals surface area contributed by atoms with Crippen LogP contribution in [0, 0.1) is 11.3 Å². The van der Waals surface area contributed by atoms with Crippen molar-refractivity contribution in [1.82, 2.24) is 10.2 Å². The first-order chi connectivity index (χ1) is 5.58. The molecule has 1 heterocycles. The normalized spacial score (nSPS) is 18.2. The fraction of sp³-hybridized carbons (Fsp3) is 0.667. The van der Waals surface area contributed by atoms with Gasteiger partial charge in [0.05, 0.1) is 5.25 Å². The van der Waals surface area contributed by atoms with Gasteiger partial charge in [-0.1, -0.05) is 0 Å². The van der Waals surface area contributed by atoms with Crippen molar-refractivity contribution >= 4 is 10.1 Å². The highest BCUT2D eigenvalue weighted by Gasteiger charge is 2.05. The molecule has 0 aromatic carbocycles. The Kier molecular flexibility index (Phi) is 2.92. The summed E-state index contributed by atoms with van der Waals surface area (Å²) < 4.78 is 28.7. The molecule has 1 fully saturated rings. The van der Waals surface area contributed by atoms with Crippen LogP contribution in [0.1, 0.15) is 0 Å². The van der Waals surface area contributed by atoms with Crippen LogP contribution in [0.2, 0.25) is 0 Å². The summed E-state index contributed by atoms with van der Waals surface area (Å²) in [6.07, 6.45) is 0. The molecule has 0 aliphatic carbocycles. The lowest BCUT2D eigenvalue weighted by Gasteiger charge is -2.22. The number of piperazine rings is 1. The Labute approximate surface area is 71.5 Å². The van der Waals surface area contributed by atoms with Crippen LogP contribution in [0.5, 0.6) is 0 Å². The SMILES string of the molecule is O=S(=O)(O)C#CN1CCNCC1. The minimum absolute atomic E-state index is 0.683.